The van der Waals surface area contributed by atoms with Crippen LogP contribution in [0, 0.1) is 6.92 Å². The molecule has 0 spiro atoms. The smallest absolute Gasteiger partial charge is 0.416 e. The molecule has 38 heavy (non-hydrogen) atoms. The number of ether oxygens (including phenoxy) is 3. The lowest BCUT2D eigenvalue weighted by Gasteiger charge is -2.25. The zero-order chi connectivity index (χ0) is 28.1. The topological polar surface area (TPSA) is 94.2 Å². The molecule has 0 bridgehead atoms. The van der Waals surface area contributed by atoms with Gasteiger partial charge in [-0.25, -0.2) is 8.42 Å². The van der Waals surface area contributed by atoms with Gasteiger partial charge in [0.15, 0.2) is 11.5 Å². The molecular formula is C26H27F3N2O6S. The first kappa shape index (κ1) is 28.6. The van der Waals surface area contributed by atoms with Gasteiger partial charge in [-0.3, -0.25) is 9.10 Å². The average Bonchev–Trinajstić information content (AvgIpc) is 2.89. The average molecular weight is 553 g/mol. The fourth-order valence-corrected chi connectivity index (χ4v) is 5.03. The van der Waals surface area contributed by atoms with E-state index in [0.29, 0.717) is 33.2 Å². The van der Waals surface area contributed by atoms with Crippen LogP contribution in [0.25, 0.3) is 0 Å². The molecule has 204 valence electrons. The van der Waals surface area contributed by atoms with Crippen molar-refractivity contribution in [3.63, 3.8) is 0 Å². The lowest BCUT2D eigenvalue weighted by Crippen LogP contribution is -2.40. The number of anilines is 1. The second-order valence-corrected chi connectivity index (χ2v) is 10.0. The maximum Gasteiger partial charge on any atom is 0.416 e. The fourth-order valence-electron chi connectivity index (χ4n) is 3.61. The van der Waals surface area contributed by atoms with Crippen molar-refractivity contribution in [1.82, 2.24) is 5.32 Å². The van der Waals surface area contributed by atoms with Gasteiger partial charge in [0.1, 0.15) is 6.54 Å². The summed E-state index contributed by atoms with van der Waals surface area (Å²) >= 11 is 0. The molecule has 12 heteroatoms. The minimum Gasteiger partial charge on any atom is -0.493 e. The molecule has 1 N–H and O–H groups in total. The van der Waals surface area contributed by atoms with Crippen molar-refractivity contribution in [2.75, 3.05) is 32.2 Å². The molecule has 0 saturated carbocycles. The molecule has 0 unspecified atom stereocenters. The molecule has 0 heterocycles. The number of hydrogen-bond donors (Lipinski definition) is 1. The SMILES string of the molecule is COc1cc(CNC(=O)CN(c2cccc(C(F)(F)F)c2)S(=O)(=O)c2ccc(C)cc2)cc(OC)c1OC. The minimum absolute atomic E-state index is 0.0451. The van der Waals surface area contributed by atoms with Gasteiger partial charge in [0.25, 0.3) is 10.0 Å². The quantitative estimate of drug-likeness (QED) is 0.397. The van der Waals surface area contributed by atoms with Crippen LogP contribution in [-0.2, 0) is 27.5 Å². The Labute approximate surface area is 219 Å². The number of nitrogens with one attached hydrogen (secondary N) is 1. The highest BCUT2D eigenvalue weighted by Crippen LogP contribution is 2.38. The van der Waals surface area contributed by atoms with Gasteiger partial charge in [0.05, 0.1) is 37.5 Å². The lowest BCUT2D eigenvalue weighted by molar-refractivity contribution is -0.137. The van der Waals surface area contributed by atoms with Crippen LogP contribution in [0.5, 0.6) is 17.2 Å². The van der Waals surface area contributed by atoms with E-state index < -0.39 is 34.2 Å². The summed E-state index contributed by atoms with van der Waals surface area (Å²) in [4.78, 5) is 12.8. The van der Waals surface area contributed by atoms with E-state index >= 15 is 0 Å². The number of sulfonamides is 1. The van der Waals surface area contributed by atoms with Gasteiger partial charge >= 0.3 is 6.18 Å². The van der Waals surface area contributed by atoms with Crippen molar-refractivity contribution in [3.8, 4) is 17.2 Å². The van der Waals surface area contributed by atoms with Crippen LogP contribution in [0.4, 0.5) is 18.9 Å². The van der Waals surface area contributed by atoms with Crippen molar-refractivity contribution in [1.29, 1.82) is 0 Å². The number of amides is 1. The maximum absolute atomic E-state index is 13.5. The highest BCUT2D eigenvalue weighted by Gasteiger charge is 2.33. The monoisotopic (exact) mass is 552 g/mol. The summed E-state index contributed by atoms with van der Waals surface area (Å²) in [5, 5.41) is 2.60. The van der Waals surface area contributed by atoms with Gasteiger partial charge in [-0.2, -0.15) is 13.2 Å². The minimum atomic E-state index is -4.70. The Bertz CT molecular complexity index is 1370. The molecule has 0 aromatic heterocycles. The van der Waals surface area contributed by atoms with Crippen LogP contribution in [-0.4, -0.2) is 42.2 Å². The molecule has 8 nitrogen and oxygen atoms in total. The number of benzene rings is 3. The third-order valence-electron chi connectivity index (χ3n) is 5.57. The van der Waals surface area contributed by atoms with Crippen molar-refractivity contribution >= 4 is 21.6 Å². The van der Waals surface area contributed by atoms with Crippen LogP contribution in [0.1, 0.15) is 16.7 Å². The summed E-state index contributed by atoms with van der Waals surface area (Å²) in [6.07, 6.45) is -4.70. The summed E-state index contributed by atoms with van der Waals surface area (Å²) in [6, 6.07) is 12.8. The third kappa shape index (κ3) is 6.49. The van der Waals surface area contributed by atoms with E-state index in [1.54, 1.807) is 31.2 Å². The van der Waals surface area contributed by atoms with Gasteiger partial charge < -0.3 is 19.5 Å². The zero-order valence-corrected chi connectivity index (χ0v) is 21.9. The van der Waals surface area contributed by atoms with Crippen LogP contribution in [0.3, 0.4) is 0 Å². The van der Waals surface area contributed by atoms with Gasteiger partial charge in [-0.05, 0) is 55.0 Å². The lowest BCUT2D eigenvalue weighted by atomic mass is 10.1. The highest BCUT2D eigenvalue weighted by molar-refractivity contribution is 7.92. The fraction of sp³-hybridized carbons (Fsp3) is 0.269. The molecule has 0 aliphatic carbocycles. The first-order valence-corrected chi connectivity index (χ1v) is 12.7. The van der Waals surface area contributed by atoms with Crippen molar-refractivity contribution in [3.05, 3.63) is 77.4 Å². The molecular weight excluding hydrogens is 525 g/mol. The van der Waals surface area contributed by atoms with E-state index in [4.69, 9.17) is 14.2 Å². The van der Waals surface area contributed by atoms with Crippen LogP contribution >= 0.6 is 0 Å². The largest absolute Gasteiger partial charge is 0.493 e. The van der Waals surface area contributed by atoms with E-state index in [0.717, 1.165) is 17.7 Å². The first-order valence-electron chi connectivity index (χ1n) is 11.2. The molecule has 3 aromatic carbocycles. The number of nitrogens with zero attached hydrogens (tertiary/aromatic N) is 1. The summed E-state index contributed by atoms with van der Waals surface area (Å²) in [5.41, 5.74) is -0.00204. The number of alkyl halides is 3. The molecule has 0 fully saturated rings. The van der Waals surface area contributed by atoms with Crippen molar-refractivity contribution < 1.29 is 40.6 Å². The second kappa shape index (κ2) is 11.6. The van der Waals surface area contributed by atoms with E-state index in [1.807, 2.05) is 0 Å². The zero-order valence-electron chi connectivity index (χ0n) is 21.1. The molecule has 0 radical (unpaired) electrons. The summed E-state index contributed by atoms with van der Waals surface area (Å²) < 4.78 is 83.5. The molecule has 3 aromatic rings. The molecule has 0 atom stereocenters. The van der Waals surface area contributed by atoms with E-state index in [9.17, 15) is 26.4 Å². The standard InChI is InChI=1S/C26H27F3N2O6S/c1-17-8-10-21(11-9-17)38(33,34)31(20-7-5-6-19(14-20)26(27,28)29)16-24(32)30-15-18-12-22(35-2)25(37-4)23(13-18)36-3/h5-14H,15-16H2,1-4H3,(H,30,32). The number of rotatable bonds is 10. The Hall–Kier alpha value is -3.93. The molecule has 3 rings (SSSR count). The maximum atomic E-state index is 13.5. The number of carbonyl (C=O) groups is 1. The number of halogens is 3. The van der Waals surface area contributed by atoms with Gasteiger partial charge in [0.2, 0.25) is 11.7 Å². The predicted octanol–water partition coefficient (Wildman–Crippen LogP) is 4.55. The summed E-state index contributed by atoms with van der Waals surface area (Å²) in [5.74, 6) is 0.309. The predicted molar refractivity (Wildman–Crippen MR) is 135 cm³/mol. The Morgan fingerprint density at radius 1 is 0.921 bits per heavy atom. The highest BCUT2D eigenvalue weighted by atomic mass is 32.2. The van der Waals surface area contributed by atoms with Crippen LogP contribution in [0.15, 0.2) is 65.6 Å². The molecule has 0 saturated heterocycles. The second-order valence-electron chi connectivity index (χ2n) is 8.18. The molecule has 0 aliphatic heterocycles. The Balaban J connectivity index is 1.92. The normalized spacial score (nSPS) is 11.6. The van der Waals surface area contributed by atoms with E-state index in [1.165, 1.54) is 39.5 Å². The summed E-state index contributed by atoms with van der Waals surface area (Å²) in [7, 11) is -0.0836. The Kier molecular flexibility index (Phi) is 8.77. The third-order valence-corrected chi connectivity index (χ3v) is 7.36. The molecule has 0 aliphatic rings. The Morgan fingerprint density at radius 2 is 1.53 bits per heavy atom. The van der Waals surface area contributed by atoms with Crippen molar-refractivity contribution in [2.45, 2.75) is 24.5 Å². The van der Waals surface area contributed by atoms with Crippen LogP contribution in [0.2, 0.25) is 0 Å². The van der Waals surface area contributed by atoms with E-state index in [-0.39, 0.29) is 17.1 Å². The van der Waals surface area contributed by atoms with E-state index in [2.05, 4.69) is 5.32 Å². The number of methoxy groups -OCH3 is 3. The van der Waals surface area contributed by atoms with Gasteiger partial charge in [-0.1, -0.05) is 23.8 Å². The first-order chi connectivity index (χ1) is 17.9. The van der Waals surface area contributed by atoms with Gasteiger partial charge in [-0.15, -0.1) is 0 Å². The van der Waals surface area contributed by atoms with Gasteiger partial charge in [0, 0.05) is 6.54 Å². The van der Waals surface area contributed by atoms with Crippen molar-refractivity contribution in [2.24, 2.45) is 0 Å². The summed E-state index contributed by atoms with van der Waals surface area (Å²) in [6.45, 7) is 0.954. The number of hydrogen-bond acceptors (Lipinski definition) is 6. The Morgan fingerprint density at radius 3 is 2.05 bits per heavy atom. The molecule has 1 amide bonds. The number of aryl methyl sites for hydroxylation is 1. The number of carbonyl (C=O) groups excluding carboxylic acids is 1. The van der Waals surface area contributed by atoms with Crippen LogP contribution < -0.4 is 23.8 Å².